The Morgan fingerprint density at radius 2 is 1.73 bits per heavy atom. The number of allylic oxidation sites excluding steroid dienone is 1. The van der Waals surface area contributed by atoms with E-state index in [1.54, 1.807) is 12.1 Å². The maximum absolute atomic E-state index is 9.08. The maximum atomic E-state index is 9.08. The smallest absolute Gasteiger partial charge is 0.238 e. The lowest BCUT2D eigenvalue weighted by Gasteiger charge is -2.04. The molecule has 0 aliphatic carbocycles. The van der Waals surface area contributed by atoms with E-state index in [-0.39, 0.29) is 5.76 Å². The maximum Gasteiger partial charge on any atom is 0.238 e. The molecule has 0 spiro atoms. The van der Waals surface area contributed by atoms with Gasteiger partial charge in [-0.15, -0.1) is 0 Å². The van der Waals surface area contributed by atoms with E-state index in [9.17, 15) is 0 Å². The highest BCUT2D eigenvalue weighted by Gasteiger charge is 2.02. The molecule has 0 fully saturated rings. The van der Waals surface area contributed by atoms with Gasteiger partial charge >= 0.3 is 0 Å². The fourth-order valence-corrected chi connectivity index (χ4v) is 1.80. The molecular weight excluding hydrogens is 278 g/mol. The van der Waals surface area contributed by atoms with Gasteiger partial charge in [0.25, 0.3) is 0 Å². The number of aromatic nitrogens is 2. The molecule has 106 valence electrons. The molecule has 3 rings (SSSR count). The van der Waals surface area contributed by atoms with Crippen LogP contribution in [0.3, 0.4) is 0 Å². The predicted molar refractivity (Wildman–Crippen MR) is 80.9 cm³/mol. The molecule has 0 unspecified atom stereocenters. The van der Waals surface area contributed by atoms with E-state index in [4.69, 9.17) is 14.7 Å². The Labute approximate surface area is 127 Å². The first-order chi connectivity index (χ1) is 10.8. The van der Waals surface area contributed by atoms with Crippen molar-refractivity contribution in [2.45, 2.75) is 0 Å². The summed E-state index contributed by atoms with van der Waals surface area (Å²) in [5, 5.41) is 9.08. The number of rotatable bonds is 4. The number of ether oxygens (including phenoxy) is 2. The second-order valence-electron chi connectivity index (χ2n) is 4.32. The third-order valence-corrected chi connectivity index (χ3v) is 2.79. The van der Waals surface area contributed by atoms with Gasteiger partial charge in [0, 0.05) is 0 Å². The topological polar surface area (TPSA) is 68.0 Å². The summed E-state index contributed by atoms with van der Waals surface area (Å²) in [7, 11) is 0. The van der Waals surface area contributed by atoms with Crippen molar-refractivity contribution >= 4 is 11.0 Å². The lowest BCUT2D eigenvalue weighted by molar-refractivity contribution is 0.391. The number of nitriles is 1. The first kappa shape index (κ1) is 13.6. The molecule has 1 heterocycles. The Morgan fingerprint density at radius 3 is 2.50 bits per heavy atom. The van der Waals surface area contributed by atoms with Crippen molar-refractivity contribution in [1.29, 1.82) is 5.26 Å². The molecule has 3 aromatic rings. The van der Waals surface area contributed by atoms with Crippen LogP contribution >= 0.6 is 0 Å². The molecule has 1 aromatic heterocycles. The minimum atomic E-state index is 0.0289. The quantitative estimate of drug-likeness (QED) is 0.543. The fraction of sp³-hybridized carbons (Fsp3) is 0. The lowest BCUT2D eigenvalue weighted by Crippen LogP contribution is -1.97. The zero-order valence-corrected chi connectivity index (χ0v) is 11.5. The van der Waals surface area contributed by atoms with Gasteiger partial charge in [0.2, 0.25) is 11.6 Å². The molecule has 2 aromatic carbocycles. The van der Waals surface area contributed by atoms with Crippen LogP contribution in [0.5, 0.6) is 11.6 Å². The van der Waals surface area contributed by atoms with Gasteiger partial charge in [-0.25, -0.2) is 9.97 Å². The molecule has 0 bridgehead atoms. The van der Waals surface area contributed by atoms with Crippen LogP contribution in [0.2, 0.25) is 0 Å². The lowest BCUT2D eigenvalue weighted by atomic mass is 10.3. The Hall–Kier alpha value is -3.39. The predicted octanol–water partition coefficient (Wildman–Crippen LogP) is 3.45. The van der Waals surface area contributed by atoms with Crippen LogP contribution in [-0.4, -0.2) is 9.97 Å². The van der Waals surface area contributed by atoms with Crippen LogP contribution in [0.25, 0.3) is 11.0 Å². The number of hydrogen-bond acceptors (Lipinski definition) is 5. The average Bonchev–Trinajstić information content (AvgIpc) is 2.59. The Balaban J connectivity index is 1.77. The monoisotopic (exact) mass is 289 g/mol. The zero-order chi connectivity index (χ0) is 15.2. The highest BCUT2D eigenvalue weighted by atomic mass is 16.5. The SMILES string of the molecule is N#CC(=COc1cnc2ccccc2n1)Oc1ccccc1. The highest BCUT2D eigenvalue weighted by molar-refractivity contribution is 5.73. The van der Waals surface area contributed by atoms with Gasteiger partial charge in [-0.05, 0) is 24.3 Å². The summed E-state index contributed by atoms with van der Waals surface area (Å²) in [5.74, 6) is 0.882. The number of fused-ring (bicyclic) bond motifs is 1. The average molecular weight is 289 g/mol. The van der Waals surface area contributed by atoms with E-state index in [0.29, 0.717) is 11.6 Å². The van der Waals surface area contributed by atoms with E-state index in [1.807, 2.05) is 48.5 Å². The van der Waals surface area contributed by atoms with Gasteiger partial charge in [-0.1, -0.05) is 30.3 Å². The Bertz CT molecular complexity index is 854. The number of hydrogen-bond donors (Lipinski definition) is 0. The van der Waals surface area contributed by atoms with Crippen molar-refractivity contribution in [2.24, 2.45) is 0 Å². The van der Waals surface area contributed by atoms with Crippen molar-refractivity contribution in [3.8, 4) is 17.7 Å². The Morgan fingerprint density at radius 1 is 1.00 bits per heavy atom. The number of nitrogens with zero attached hydrogens (tertiary/aromatic N) is 3. The van der Waals surface area contributed by atoms with E-state index >= 15 is 0 Å². The number of benzene rings is 2. The molecule has 0 radical (unpaired) electrons. The largest absolute Gasteiger partial charge is 0.443 e. The van der Waals surface area contributed by atoms with Crippen LogP contribution in [0.1, 0.15) is 0 Å². The summed E-state index contributed by atoms with van der Waals surface area (Å²) in [6.07, 6.45) is 2.71. The summed E-state index contributed by atoms with van der Waals surface area (Å²) in [6, 6.07) is 18.4. The molecule has 5 nitrogen and oxygen atoms in total. The van der Waals surface area contributed by atoms with Gasteiger partial charge in [-0.3, -0.25) is 0 Å². The minimum absolute atomic E-state index is 0.0289. The number of para-hydroxylation sites is 3. The van der Waals surface area contributed by atoms with Gasteiger partial charge in [-0.2, -0.15) is 5.26 Å². The van der Waals surface area contributed by atoms with Crippen LogP contribution < -0.4 is 9.47 Å². The minimum Gasteiger partial charge on any atom is -0.443 e. The Kier molecular flexibility index (Phi) is 3.94. The molecule has 0 saturated heterocycles. The standard InChI is InChI=1S/C17H11N3O2/c18-10-14(22-13-6-2-1-3-7-13)12-21-17-11-19-15-8-4-5-9-16(15)20-17/h1-9,11-12H. The highest BCUT2D eigenvalue weighted by Crippen LogP contribution is 2.15. The van der Waals surface area contributed by atoms with E-state index < -0.39 is 0 Å². The summed E-state index contributed by atoms with van der Waals surface area (Å²) in [6.45, 7) is 0. The summed E-state index contributed by atoms with van der Waals surface area (Å²) in [5.41, 5.74) is 1.50. The van der Waals surface area contributed by atoms with Crippen molar-refractivity contribution in [1.82, 2.24) is 9.97 Å². The second-order valence-corrected chi connectivity index (χ2v) is 4.32. The van der Waals surface area contributed by atoms with Crippen LogP contribution in [0.15, 0.2) is 72.8 Å². The summed E-state index contributed by atoms with van der Waals surface area (Å²) < 4.78 is 10.8. The molecule has 0 saturated carbocycles. The van der Waals surface area contributed by atoms with E-state index in [2.05, 4.69) is 9.97 Å². The second kappa shape index (κ2) is 6.37. The third kappa shape index (κ3) is 3.19. The van der Waals surface area contributed by atoms with Gasteiger partial charge in [0.05, 0.1) is 17.2 Å². The van der Waals surface area contributed by atoms with Crippen molar-refractivity contribution in [3.63, 3.8) is 0 Å². The van der Waals surface area contributed by atoms with Gasteiger partial charge in [0.15, 0.2) is 0 Å². The first-order valence-electron chi connectivity index (χ1n) is 6.57. The van der Waals surface area contributed by atoms with Crippen LogP contribution in [-0.2, 0) is 0 Å². The molecule has 0 aliphatic rings. The van der Waals surface area contributed by atoms with Crippen molar-refractivity contribution in [3.05, 3.63) is 72.8 Å². The molecule has 0 aliphatic heterocycles. The molecule has 22 heavy (non-hydrogen) atoms. The fourth-order valence-electron chi connectivity index (χ4n) is 1.80. The summed E-state index contributed by atoms with van der Waals surface area (Å²) in [4.78, 5) is 8.52. The van der Waals surface area contributed by atoms with Crippen LogP contribution in [0.4, 0.5) is 0 Å². The molecular formula is C17H11N3O2. The van der Waals surface area contributed by atoms with Crippen molar-refractivity contribution in [2.75, 3.05) is 0 Å². The van der Waals surface area contributed by atoms with Crippen molar-refractivity contribution < 1.29 is 9.47 Å². The van der Waals surface area contributed by atoms with Gasteiger partial charge in [0.1, 0.15) is 18.1 Å². The van der Waals surface area contributed by atoms with Crippen LogP contribution in [0, 0.1) is 11.3 Å². The normalized spacial score (nSPS) is 11.0. The van der Waals surface area contributed by atoms with E-state index in [0.717, 1.165) is 11.0 Å². The molecule has 5 heteroatoms. The zero-order valence-electron chi connectivity index (χ0n) is 11.5. The summed E-state index contributed by atoms with van der Waals surface area (Å²) >= 11 is 0. The van der Waals surface area contributed by atoms with E-state index in [1.165, 1.54) is 12.5 Å². The molecule has 0 amide bonds. The molecule has 0 atom stereocenters. The molecule has 0 N–H and O–H groups in total. The van der Waals surface area contributed by atoms with Gasteiger partial charge < -0.3 is 9.47 Å². The first-order valence-corrected chi connectivity index (χ1v) is 6.57. The third-order valence-electron chi connectivity index (χ3n) is 2.79.